The van der Waals surface area contributed by atoms with Gasteiger partial charge in [0.25, 0.3) is 5.91 Å². The Labute approximate surface area is 209 Å². The van der Waals surface area contributed by atoms with Crippen LogP contribution in [0.25, 0.3) is 0 Å². The molecule has 1 amide bonds. The lowest BCUT2D eigenvalue weighted by Crippen LogP contribution is -2.42. The molecule has 0 bridgehead atoms. The lowest BCUT2D eigenvalue weighted by Gasteiger charge is -2.25. The number of benzene rings is 2. The zero-order valence-electron chi connectivity index (χ0n) is 19.5. The van der Waals surface area contributed by atoms with Gasteiger partial charge < -0.3 is 14.8 Å². The van der Waals surface area contributed by atoms with Crippen molar-refractivity contribution < 1.29 is 19.1 Å². The molecule has 1 aliphatic rings. The second-order valence-corrected chi connectivity index (χ2v) is 10.3. The topological polar surface area (TPSA) is 64.6 Å². The van der Waals surface area contributed by atoms with Crippen LogP contribution >= 0.6 is 22.9 Å². The number of carbonyl (C=O) groups excluding carboxylic acids is 2. The van der Waals surface area contributed by atoms with Crippen LogP contribution in [0.3, 0.4) is 0 Å². The van der Waals surface area contributed by atoms with Gasteiger partial charge in [0.15, 0.2) is 5.60 Å². The van der Waals surface area contributed by atoms with Gasteiger partial charge in [0, 0.05) is 9.90 Å². The van der Waals surface area contributed by atoms with Crippen molar-refractivity contribution in [2.75, 3.05) is 11.9 Å². The molecule has 0 spiro atoms. The molecule has 1 aliphatic carbocycles. The number of ether oxygens (including phenoxy) is 2. The van der Waals surface area contributed by atoms with Gasteiger partial charge in [-0.3, -0.25) is 4.79 Å². The average Bonchev–Trinajstić information content (AvgIpc) is 3.18. The van der Waals surface area contributed by atoms with E-state index in [1.807, 2.05) is 6.07 Å². The SMILES string of the molecule is CCOC(=O)c1c(NC(=O)C(C)(C)Oc2ccc(Cl)cc2)sc2c1CC[C@H](c1ccccc1)C2. The highest BCUT2D eigenvalue weighted by Gasteiger charge is 2.35. The van der Waals surface area contributed by atoms with E-state index in [9.17, 15) is 9.59 Å². The molecule has 7 heteroatoms. The van der Waals surface area contributed by atoms with Gasteiger partial charge in [-0.15, -0.1) is 11.3 Å². The zero-order chi connectivity index (χ0) is 24.3. The highest BCUT2D eigenvalue weighted by molar-refractivity contribution is 7.17. The van der Waals surface area contributed by atoms with E-state index >= 15 is 0 Å². The van der Waals surface area contributed by atoms with E-state index in [1.165, 1.54) is 16.9 Å². The minimum atomic E-state index is -1.17. The van der Waals surface area contributed by atoms with Gasteiger partial charge in [-0.25, -0.2) is 4.79 Å². The largest absolute Gasteiger partial charge is 0.478 e. The van der Waals surface area contributed by atoms with Crippen LogP contribution in [0.5, 0.6) is 5.75 Å². The lowest BCUT2D eigenvalue weighted by atomic mass is 9.83. The summed E-state index contributed by atoms with van der Waals surface area (Å²) in [5.74, 6) is 0.179. The minimum Gasteiger partial charge on any atom is -0.478 e. The summed E-state index contributed by atoms with van der Waals surface area (Å²) in [5.41, 5.74) is 1.59. The van der Waals surface area contributed by atoms with Gasteiger partial charge in [0.05, 0.1) is 12.2 Å². The van der Waals surface area contributed by atoms with Gasteiger partial charge >= 0.3 is 5.97 Å². The van der Waals surface area contributed by atoms with Crippen LogP contribution in [0.15, 0.2) is 54.6 Å². The predicted octanol–water partition coefficient (Wildman–Crippen LogP) is 6.65. The molecule has 5 nitrogen and oxygen atoms in total. The van der Waals surface area contributed by atoms with E-state index in [2.05, 4.69) is 29.6 Å². The molecule has 0 saturated carbocycles. The fraction of sp³-hybridized carbons (Fsp3) is 0.333. The number of esters is 1. The number of carbonyl (C=O) groups is 2. The number of hydrogen-bond donors (Lipinski definition) is 1. The predicted molar refractivity (Wildman–Crippen MR) is 136 cm³/mol. The smallest absolute Gasteiger partial charge is 0.341 e. The quantitative estimate of drug-likeness (QED) is 0.371. The maximum Gasteiger partial charge on any atom is 0.341 e. The van der Waals surface area contributed by atoms with E-state index in [1.54, 1.807) is 45.0 Å². The summed E-state index contributed by atoms with van der Waals surface area (Å²) in [6.07, 6.45) is 2.54. The Morgan fingerprint density at radius 3 is 2.50 bits per heavy atom. The Hall–Kier alpha value is -2.83. The third kappa shape index (κ3) is 5.29. The van der Waals surface area contributed by atoms with Gasteiger partial charge in [-0.1, -0.05) is 41.9 Å². The first kappa shape index (κ1) is 24.3. The summed E-state index contributed by atoms with van der Waals surface area (Å²) in [4.78, 5) is 27.2. The van der Waals surface area contributed by atoms with Crippen molar-refractivity contribution in [3.8, 4) is 5.75 Å². The number of rotatable bonds is 7. The van der Waals surface area contributed by atoms with Gasteiger partial charge in [0.2, 0.25) is 0 Å². The van der Waals surface area contributed by atoms with E-state index in [0.29, 0.717) is 27.3 Å². The number of amides is 1. The van der Waals surface area contributed by atoms with Crippen molar-refractivity contribution >= 4 is 39.8 Å². The molecule has 0 aliphatic heterocycles. The highest BCUT2D eigenvalue weighted by atomic mass is 35.5. The second kappa shape index (κ2) is 10.2. The molecule has 178 valence electrons. The number of fused-ring (bicyclic) bond motifs is 1. The maximum atomic E-state index is 13.2. The summed E-state index contributed by atoms with van der Waals surface area (Å²) in [6.45, 7) is 5.44. The van der Waals surface area contributed by atoms with E-state index < -0.39 is 11.6 Å². The summed E-state index contributed by atoms with van der Waals surface area (Å²) in [5, 5.41) is 4.07. The molecule has 3 aromatic rings. The monoisotopic (exact) mass is 497 g/mol. The summed E-state index contributed by atoms with van der Waals surface area (Å²) in [6, 6.07) is 17.3. The molecule has 0 saturated heterocycles. The molecule has 4 rings (SSSR count). The molecular weight excluding hydrogens is 470 g/mol. The van der Waals surface area contributed by atoms with Crippen molar-refractivity contribution in [1.82, 2.24) is 0 Å². The minimum absolute atomic E-state index is 0.272. The Kier molecular flexibility index (Phi) is 7.29. The molecule has 34 heavy (non-hydrogen) atoms. The van der Waals surface area contributed by atoms with Crippen LogP contribution in [0.1, 0.15) is 59.5 Å². The summed E-state index contributed by atoms with van der Waals surface area (Å²) in [7, 11) is 0. The molecule has 1 aromatic heterocycles. The Morgan fingerprint density at radius 1 is 1.12 bits per heavy atom. The first-order chi connectivity index (χ1) is 16.3. The van der Waals surface area contributed by atoms with Crippen molar-refractivity contribution in [1.29, 1.82) is 0 Å². The number of nitrogens with one attached hydrogen (secondary N) is 1. The molecule has 2 aromatic carbocycles. The fourth-order valence-corrected chi connectivity index (χ4v) is 5.64. The summed E-state index contributed by atoms with van der Waals surface area (Å²) >= 11 is 7.41. The van der Waals surface area contributed by atoms with Crippen LogP contribution in [0.4, 0.5) is 5.00 Å². The van der Waals surface area contributed by atoms with Crippen LogP contribution < -0.4 is 10.1 Å². The third-order valence-electron chi connectivity index (χ3n) is 5.98. The molecule has 0 unspecified atom stereocenters. The second-order valence-electron chi connectivity index (χ2n) is 8.80. The highest BCUT2D eigenvalue weighted by Crippen LogP contribution is 2.43. The van der Waals surface area contributed by atoms with Crippen LogP contribution in [-0.4, -0.2) is 24.1 Å². The maximum absolute atomic E-state index is 13.2. The molecule has 1 atom stereocenters. The molecule has 0 radical (unpaired) electrons. The lowest BCUT2D eigenvalue weighted by molar-refractivity contribution is -0.128. The van der Waals surface area contributed by atoms with E-state index in [0.717, 1.165) is 29.7 Å². The first-order valence-electron chi connectivity index (χ1n) is 11.4. The van der Waals surface area contributed by atoms with Crippen molar-refractivity contribution in [3.63, 3.8) is 0 Å². The number of hydrogen-bond acceptors (Lipinski definition) is 5. The third-order valence-corrected chi connectivity index (χ3v) is 7.40. The van der Waals surface area contributed by atoms with E-state index in [4.69, 9.17) is 21.1 Å². The van der Waals surface area contributed by atoms with Gasteiger partial charge in [-0.05, 0) is 81.3 Å². The Morgan fingerprint density at radius 2 is 1.82 bits per heavy atom. The Bertz CT molecular complexity index is 1170. The number of halogens is 1. The standard InChI is InChI=1S/C27H28ClNO4S/c1-4-32-25(30)23-21-15-10-18(17-8-6-5-7-9-17)16-22(21)34-24(23)29-26(31)27(2,3)33-20-13-11-19(28)12-14-20/h5-9,11-14,18H,4,10,15-16H2,1-3H3,(H,29,31)/t18-/m0/s1. The number of thiophene rings is 1. The fourth-order valence-electron chi connectivity index (χ4n) is 4.20. The van der Waals surface area contributed by atoms with Crippen LogP contribution in [0.2, 0.25) is 5.02 Å². The normalized spacial score (nSPS) is 15.4. The van der Waals surface area contributed by atoms with E-state index in [-0.39, 0.29) is 12.5 Å². The zero-order valence-corrected chi connectivity index (χ0v) is 21.1. The molecular formula is C27H28ClNO4S. The molecule has 0 fully saturated rings. The average molecular weight is 498 g/mol. The van der Waals surface area contributed by atoms with Crippen molar-refractivity contribution in [3.05, 3.63) is 81.2 Å². The first-order valence-corrected chi connectivity index (χ1v) is 12.6. The molecule has 1 heterocycles. The van der Waals surface area contributed by atoms with Gasteiger partial charge in [-0.2, -0.15) is 0 Å². The van der Waals surface area contributed by atoms with Crippen molar-refractivity contribution in [2.24, 2.45) is 0 Å². The van der Waals surface area contributed by atoms with Crippen molar-refractivity contribution in [2.45, 2.75) is 51.6 Å². The molecule has 1 N–H and O–H groups in total. The summed E-state index contributed by atoms with van der Waals surface area (Å²) < 4.78 is 11.3. The number of anilines is 1. The van der Waals surface area contributed by atoms with Crippen LogP contribution in [0, 0.1) is 0 Å². The Balaban J connectivity index is 1.59. The van der Waals surface area contributed by atoms with Crippen LogP contribution in [-0.2, 0) is 22.4 Å². The van der Waals surface area contributed by atoms with Gasteiger partial charge in [0.1, 0.15) is 10.8 Å².